The summed E-state index contributed by atoms with van der Waals surface area (Å²) in [6.07, 6.45) is 3.57. The van der Waals surface area contributed by atoms with E-state index in [9.17, 15) is 9.18 Å². The zero-order valence-electron chi connectivity index (χ0n) is 13.2. The average Bonchev–Trinajstić information content (AvgIpc) is 3.09. The Hall–Kier alpha value is -2.31. The van der Waals surface area contributed by atoms with Crippen LogP contribution in [-0.2, 0) is 11.3 Å². The fourth-order valence-corrected chi connectivity index (χ4v) is 2.97. The topological polar surface area (TPSA) is 46.9 Å². The molecule has 0 aliphatic heterocycles. The van der Waals surface area contributed by atoms with Crippen LogP contribution >= 0.6 is 23.4 Å². The zero-order chi connectivity index (χ0) is 17.6. The first-order valence-electron chi connectivity index (χ1n) is 7.55. The van der Waals surface area contributed by atoms with Gasteiger partial charge in [-0.25, -0.2) is 9.07 Å². The summed E-state index contributed by atoms with van der Waals surface area (Å²) >= 11 is 7.24. The maximum absolute atomic E-state index is 12.8. The highest BCUT2D eigenvalue weighted by Crippen LogP contribution is 2.17. The number of halogens is 2. The molecule has 0 radical (unpaired) electrons. The van der Waals surface area contributed by atoms with Crippen LogP contribution in [0.5, 0.6) is 0 Å². The monoisotopic (exact) mass is 375 g/mol. The van der Waals surface area contributed by atoms with Gasteiger partial charge in [-0.1, -0.05) is 11.6 Å². The van der Waals surface area contributed by atoms with Gasteiger partial charge in [-0.2, -0.15) is 5.10 Å². The number of aromatic nitrogens is 2. The minimum absolute atomic E-state index is 0.0893. The van der Waals surface area contributed by atoms with Gasteiger partial charge in [0.2, 0.25) is 5.91 Å². The summed E-state index contributed by atoms with van der Waals surface area (Å²) in [5.74, 6) is -0.100. The largest absolute Gasteiger partial charge is 0.351 e. The van der Waals surface area contributed by atoms with Gasteiger partial charge in [-0.05, 0) is 48.5 Å². The zero-order valence-corrected chi connectivity index (χ0v) is 14.7. The van der Waals surface area contributed by atoms with E-state index in [2.05, 4.69) is 10.4 Å². The average molecular weight is 376 g/mol. The Morgan fingerprint density at radius 2 is 1.88 bits per heavy atom. The van der Waals surface area contributed by atoms with Crippen LogP contribution in [0.4, 0.5) is 4.39 Å². The normalized spacial score (nSPS) is 10.6. The maximum atomic E-state index is 12.8. The number of carbonyl (C=O) groups is 1. The fraction of sp³-hybridized carbons (Fsp3) is 0.111. The maximum Gasteiger partial charge on any atom is 0.230 e. The van der Waals surface area contributed by atoms with Crippen LogP contribution in [0, 0.1) is 5.82 Å². The molecule has 0 atom stereocenters. The summed E-state index contributed by atoms with van der Waals surface area (Å²) in [7, 11) is 0. The molecule has 0 fully saturated rings. The Morgan fingerprint density at radius 3 is 2.60 bits per heavy atom. The molecule has 0 spiro atoms. The molecule has 1 aromatic heterocycles. The number of hydrogen-bond acceptors (Lipinski definition) is 3. The van der Waals surface area contributed by atoms with E-state index >= 15 is 0 Å². The Balaban J connectivity index is 1.49. The van der Waals surface area contributed by atoms with Crippen LogP contribution in [0.15, 0.2) is 65.8 Å². The second-order valence-electron chi connectivity index (χ2n) is 5.29. The predicted octanol–water partition coefficient (Wildman–Crippen LogP) is 4.07. The minimum atomic E-state index is -0.286. The molecule has 0 aliphatic rings. The van der Waals surface area contributed by atoms with E-state index in [4.69, 9.17) is 11.6 Å². The van der Waals surface area contributed by atoms with Gasteiger partial charge < -0.3 is 5.32 Å². The number of hydrogen-bond donors (Lipinski definition) is 1. The van der Waals surface area contributed by atoms with Crippen molar-refractivity contribution in [3.05, 3.63) is 77.3 Å². The van der Waals surface area contributed by atoms with Crippen LogP contribution in [0.3, 0.4) is 0 Å². The van der Waals surface area contributed by atoms with E-state index in [1.165, 1.54) is 23.9 Å². The van der Waals surface area contributed by atoms with E-state index in [0.717, 1.165) is 16.1 Å². The summed E-state index contributed by atoms with van der Waals surface area (Å²) < 4.78 is 14.6. The van der Waals surface area contributed by atoms with E-state index < -0.39 is 0 Å². The number of nitrogens with one attached hydrogen (secondary N) is 1. The van der Waals surface area contributed by atoms with Crippen LogP contribution in [0.1, 0.15) is 5.56 Å². The summed E-state index contributed by atoms with van der Waals surface area (Å²) in [6.45, 7) is 0.399. The Labute approximate surface area is 154 Å². The molecule has 1 amide bonds. The van der Waals surface area contributed by atoms with Crippen molar-refractivity contribution in [3.8, 4) is 5.69 Å². The van der Waals surface area contributed by atoms with Crippen molar-refractivity contribution >= 4 is 29.3 Å². The van der Waals surface area contributed by atoms with Crippen molar-refractivity contribution in [2.24, 2.45) is 0 Å². The number of benzene rings is 2. The lowest BCUT2D eigenvalue weighted by Gasteiger charge is -2.04. The lowest BCUT2D eigenvalue weighted by molar-refractivity contribution is -0.118. The predicted molar refractivity (Wildman–Crippen MR) is 97.5 cm³/mol. The van der Waals surface area contributed by atoms with Crippen LogP contribution in [-0.4, -0.2) is 21.4 Å². The first kappa shape index (κ1) is 17.5. The van der Waals surface area contributed by atoms with Crippen molar-refractivity contribution in [1.29, 1.82) is 0 Å². The van der Waals surface area contributed by atoms with Gasteiger partial charge in [0.1, 0.15) is 5.82 Å². The SMILES string of the molecule is O=C(CSc1ccc(F)cc1)NCc1cnn(-c2ccc(Cl)cc2)c1. The summed E-state index contributed by atoms with van der Waals surface area (Å²) in [6, 6.07) is 13.4. The molecule has 25 heavy (non-hydrogen) atoms. The molecule has 0 bridgehead atoms. The molecule has 128 valence electrons. The molecule has 1 N–H and O–H groups in total. The van der Waals surface area contributed by atoms with E-state index in [-0.39, 0.29) is 17.5 Å². The van der Waals surface area contributed by atoms with Gasteiger partial charge in [-0.3, -0.25) is 4.79 Å². The van der Waals surface area contributed by atoms with E-state index in [1.807, 2.05) is 18.3 Å². The summed E-state index contributed by atoms with van der Waals surface area (Å²) in [4.78, 5) is 12.8. The summed E-state index contributed by atoms with van der Waals surface area (Å²) in [5.41, 5.74) is 1.80. The van der Waals surface area contributed by atoms with Gasteiger partial charge >= 0.3 is 0 Å². The lowest BCUT2D eigenvalue weighted by Crippen LogP contribution is -2.24. The lowest BCUT2D eigenvalue weighted by atomic mass is 10.3. The minimum Gasteiger partial charge on any atom is -0.351 e. The highest BCUT2D eigenvalue weighted by atomic mass is 35.5. The van der Waals surface area contributed by atoms with Crippen LogP contribution in [0.2, 0.25) is 5.02 Å². The Bertz CT molecular complexity index is 850. The number of rotatable bonds is 6. The second kappa shape index (κ2) is 8.18. The molecular weight excluding hydrogens is 361 g/mol. The third-order valence-corrected chi connectivity index (χ3v) is 4.66. The Morgan fingerprint density at radius 1 is 1.16 bits per heavy atom. The molecule has 0 saturated carbocycles. The highest BCUT2D eigenvalue weighted by Gasteiger charge is 2.05. The van der Waals surface area contributed by atoms with Crippen molar-refractivity contribution in [3.63, 3.8) is 0 Å². The van der Waals surface area contributed by atoms with Crippen LogP contribution in [0.25, 0.3) is 5.69 Å². The Kier molecular flexibility index (Phi) is 5.73. The first-order chi connectivity index (χ1) is 12.1. The molecule has 0 aliphatic carbocycles. The highest BCUT2D eigenvalue weighted by molar-refractivity contribution is 8.00. The smallest absolute Gasteiger partial charge is 0.230 e. The van der Waals surface area contributed by atoms with Gasteiger partial charge in [-0.15, -0.1) is 11.8 Å². The molecule has 1 heterocycles. The first-order valence-corrected chi connectivity index (χ1v) is 8.91. The van der Waals surface area contributed by atoms with Gasteiger partial charge in [0.05, 0.1) is 17.6 Å². The molecular formula is C18H15ClFN3OS. The number of nitrogens with zero attached hydrogens (tertiary/aromatic N) is 2. The molecule has 7 heteroatoms. The molecule has 0 saturated heterocycles. The van der Waals surface area contributed by atoms with Crippen molar-refractivity contribution < 1.29 is 9.18 Å². The quantitative estimate of drug-likeness (QED) is 0.660. The standard InChI is InChI=1S/C18H15ClFN3OS/c19-14-1-5-16(6-2-14)23-11-13(10-22-23)9-21-18(24)12-25-17-7-3-15(20)4-8-17/h1-8,10-11H,9,12H2,(H,21,24). The number of amides is 1. The van der Waals surface area contributed by atoms with Crippen molar-refractivity contribution in [1.82, 2.24) is 15.1 Å². The molecule has 4 nitrogen and oxygen atoms in total. The van der Waals surface area contributed by atoms with Gasteiger partial charge in [0.15, 0.2) is 0 Å². The van der Waals surface area contributed by atoms with E-state index in [1.54, 1.807) is 35.1 Å². The van der Waals surface area contributed by atoms with E-state index in [0.29, 0.717) is 11.6 Å². The molecule has 3 rings (SSSR count). The van der Waals surface area contributed by atoms with Crippen molar-refractivity contribution in [2.45, 2.75) is 11.4 Å². The third kappa shape index (κ3) is 5.08. The van der Waals surface area contributed by atoms with Gasteiger partial charge in [0, 0.05) is 28.2 Å². The summed E-state index contributed by atoms with van der Waals surface area (Å²) in [5, 5.41) is 7.79. The third-order valence-electron chi connectivity index (χ3n) is 3.40. The number of thioether (sulfide) groups is 1. The second-order valence-corrected chi connectivity index (χ2v) is 6.77. The fourth-order valence-electron chi connectivity index (χ4n) is 2.12. The van der Waals surface area contributed by atoms with Gasteiger partial charge in [0.25, 0.3) is 0 Å². The molecule has 0 unspecified atom stereocenters. The molecule has 2 aromatic carbocycles. The van der Waals surface area contributed by atoms with Crippen molar-refractivity contribution in [2.75, 3.05) is 5.75 Å². The number of carbonyl (C=O) groups excluding carboxylic acids is 1. The van der Waals surface area contributed by atoms with Crippen LogP contribution < -0.4 is 5.32 Å². The molecule has 3 aromatic rings.